The summed E-state index contributed by atoms with van der Waals surface area (Å²) in [6.07, 6.45) is 0.647. The van der Waals surface area contributed by atoms with Crippen molar-refractivity contribution in [3.8, 4) is 0 Å². The van der Waals surface area contributed by atoms with Crippen LogP contribution >= 0.6 is 0 Å². The van der Waals surface area contributed by atoms with E-state index in [2.05, 4.69) is 10.5 Å². The Morgan fingerprint density at radius 1 is 1.30 bits per heavy atom. The molecule has 2 heterocycles. The van der Waals surface area contributed by atoms with E-state index in [-0.39, 0.29) is 11.4 Å². The number of ether oxygens (including phenoxy) is 1. The first-order valence-electron chi connectivity index (χ1n) is 7.62. The number of aliphatic hydroxyl groups is 1. The maximum Gasteiger partial charge on any atom is 0.167 e. The Kier molecular flexibility index (Phi) is 4.23. The van der Waals surface area contributed by atoms with Gasteiger partial charge in [-0.3, -0.25) is 0 Å². The van der Waals surface area contributed by atoms with E-state index in [1.807, 2.05) is 0 Å². The molecule has 0 saturated carbocycles. The van der Waals surface area contributed by atoms with Crippen molar-refractivity contribution >= 4 is 0 Å². The van der Waals surface area contributed by atoms with Crippen LogP contribution < -0.4 is 5.32 Å². The molecule has 5 nitrogen and oxygen atoms in total. The SMILES string of the molecule is CC(C)(O)c1cc(CC2(NCc3ccc(F)cc3)COC2)no1. The lowest BCUT2D eigenvalue weighted by Gasteiger charge is -2.42. The van der Waals surface area contributed by atoms with Gasteiger partial charge in [-0.2, -0.15) is 0 Å². The normalized spacial score (nSPS) is 17.0. The average Bonchev–Trinajstić information content (AvgIpc) is 2.92. The number of aromatic nitrogens is 1. The zero-order valence-electron chi connectivity index (χ0n) is 13.3. The minimum Gasteiger partial charge on any atom is -0.382 e. The van der Waals surface area contributed by atoms with Gasteiger partial charge in [-0.05, 0) is 31.5 Å². The van der Waals surface area contributed by atoms with Crippen molar-refractivity contribution in [3.63, 3.8) is 0 Å². The molecule has 2 N–H and O–H groups in total. The summed E-state index contributed by atoms with van der Waals surface area (Å²) >= 11 is 0. The lowest BCUT2D eigenvalue weighted by Crippen LogP contribution is -2.61. The van der Waals surface area contributed by atoms with Crippen molar-refractivity contribution < 1.29 is 18.8 Å². The van der Waals surface area contributed by atoms with Crippen LogP contribution in [0, 0.1) is 5.82 Å². The second kappa shape index (κ2) is 6.03. The van der Waals surface area contributed by atoms with E-state index in [1.54, 1.807) is 32.0 Å². The maximum absolute atomic E-state index is 12.9. The van der Waals surface area contributed by atoms with Crippen LogP contribution in [0.5, 0.6) is 0 Å². The first-order chi connectivity index (χ1) is 10.9. The summed E-state index contributed by atoms with van der Waals surface area (Å²) < 4.78 is 23.5. The molecule has 0 bridgehead atoms. The third-order valence-electron chi connectivity index (χ3n) is 4.02. The number of nitrogens with zero attached hydrogens (tertiary/aromatic N) is 1. The Morgan fingerprint density at radius 3 is 2.52 bits per heavy atom. The fraction of sp³-hybridized carbons (Fsp3) is 0.471. The van der Waals surface area contributed by atoms with Gasteiger partial charge in [-0.1, -0.05) is 17.3 Å². The summed E-state index contributed by atoms with van der Waals surface area (Å²) in [5, 5.41) is 17.5. The van der Waals surface area contributed by atoms with Gasteiger partial charge in [0.2, 0.25) is 0 Å². The van der Waals surface area contributed by atoms with Crippen molar-refractivity contribution in [2.24, 2.45) is 0 Å². The monoisotopic (exact) mass is 320 g/mol. The minimum atomic E-state index is -1.05. The summed E-state index contributed by atoms with van der Waals surface area (Å²) in [6.45, 7) is 5.11. The standard InChI is InChI=1S/C17H21FN2O3/c1-16(2,21)15-7-14(20-23-15)8-17(10-22-11-17)19-9-12-3-5-13(18)6-4-12/h3-7,19,21H,8-11H2,1-2H3. The van der Waals surface area contributed by atoms with Gasteiger partial charge in [0.15, 0.2) is 5.76 Å². The molecule has 124 valence electrons. The second-order valence-corrected chi connectivity index (χ2v) is 6.67. The Bertz CT molecular complexity index is 657. The van der Waals surface area contributed by atoms with Gasteiger partial charge in [0.1, 0.15) is 11.4 Å². The molecule has 1 fully saturated rings. The summed E-state index contributed by atoms with van der Waals surface area (Å²) in [5.41, 5.74) is 0.533. The zero-order valence-corrected chi connectivity index (χ0v) is 13.3. The van der Waals surface area contributed by atoms with E-state index in [0.717, 1.165) is 11.3 Å². The number of benzene rings is 1. The first-order valence-corrected chi connectivity index (χ1v) is 7.62. The predicted octanol–water partition coefficient (Wildman–Crippen LogP) is 2.14. The van der Waals surface area contributed by atoms with Gasteiger partial charge in [-0.15, -0.1) is 0 Å². The van der Waals surface area contributed by atoms with Crippen molar-refractivity contribution in [2.75, 3.05) is 13.2 Å². The highest BCUT2D eigenvalue weighted by molar-refractivity contribution is 5.18. The summed E-state index contributed by atoms with van der Waals surface area (Å²) in [4.78, 5) is 0. The molecule has 23 heavy (non-hydrogen) atoms. The van der Waals surface area contributed by atoms with Crippen LogP contribution in [0.15, 0.2) is 34.9 Å². The van der Waals surface area contributed by atoms with Crippen LogP contribution in [0.2, 0.25) is 0 Å². The molecular formula is C17H21FN2O3. The molecule has 2 aromatic rings. The van der Waals surface area contributed by atoms with E-state index in [9.17, 15) is 9.50 Å². The third-order valence-corrected chi connectivity index (χ3v) is 4.02. The molecular weight excluding hydrogens is 299 g/mol. The maximum atomic E-state index is 12.9. The third kappa shape index (κ3) is 3.77. The molecule has 1 aromatic heterocycles. The quantitative estimate of drug-likeness (QED) is 0.853. The molecule has 1 aliphatic rings. The van der Waals surface area contributed by atoms with Crippen LogP contribution in [-0.4, -0.2) is 29.0 Å². The van der Waals surface area contributed by atoms with Crippen molar-refractivity contribution in [1.29, 1.82) is 0 Å². The summed E-state index contributed by atoms with van der Waals surface area (Å²) in [6, 6.07) is 8.21. The largest absolute Gasteiger partial charge is 0.382 e. The lowest BCUT2D eigenvalue weighted by atomic mass is 9.90. The molecule has 0 amide bonds. The smallest absolute Gasteiger partial charge is 0.167 e. The van der Waals surface area contributed by atoms with Gasteiger partial charge in [0, 0.05) is 19.0 Å². The number of hydrogen-bond donors (Lipinski definition) is 2. The lowest BCUT2D eigenvalue weighted by molar-refractivity contribution is -0.0755. The van der Waals surface area contributed by atoms with Crippen LogP contribution in [0.3, 0.4) is 0 Å². The minimum absolute atomic E-state index is 0.206. The molecule has 0 radical (unpaired) electrons. The number of halogens is 1. The van der Waals surface area contributed by atoms with Crippen molar-refractivity contribution in [2.45, 2.75) is 38.0 Å². The second-order valence-electron chi connectivity index (χ2n) is 6.67. The van der Waals surface area contributed by atoms with E-state index in [1.165, 1.54) is 12.1 Å². The molecule has 6 heteroatoms. The fourth-order valence-corrected chi connectivity index (χ4v) is 2.54. The summed E-state index contributed by atoms with van der Waals surface area (Å²) in [7, 11) is 0. The molecule has 1 aromatic carbocycles. The van der Waals surface area contributed by atoms with Crippen LogP contribution in [0.4, 0.5) is 4.39 Å². The van der Waals surface area contributed by atoms with Crippen LogP contribution in [0.25, 0.3) is 0 Å². The highest BCUT2D eigenvalue weighted by Crippen LogP contribution is 2.26. The molecule has 0 atom stereocenters. The van der Waals surface area contributed by atoms with Crippen molar-refractivity contribution in [1.82, 2.24) is 10.5 Å². The number of rotatable bonds is 6. The van der Waals surface area contributed by atoms with E-state index in [0.29, 0.717) is 31.9 Å². The highest BCUT2D eigenvalue weighted by atomic mass is 19.1. The first kappa shape index (κ1) is 16.1. The Hall–Kier alpha value is -1.76. The molecule has 0 aliphatic carbocycles. The molecule has 0 spiro atoms. The van der Waals surface area contributed by atoms with E-state index < -0.39 is 5.60 Å². The molecule has 3 rings (SSSR count). The zero-order chi connectivity index (χ0) is 16.5. The fourth-order valence-electron chi connectivity index (χ4n) is 2.54. The predicted molar refractivity (Wildman–Crippen MR) is 82.2 cm³/mol. The number of hydrogen-bond acceptors (Lipinski definition) is 5. The van der Waals surface area contributed by atoms with Gasteiger partial charge in [0.25, 0.3) is 0 Å². The van der Waals surface area contributed by atoms with Gasteiger partial charge in [0.05, 0.1) is 24.4 Å². The topological polar surface area (TPSA) is 67.5 Å². The molecule has 1 aliphatic heterocycles. The Morgan fingerprint density at radius 2 is 2.00 bits per heavy atom. The van der Waals surface area contributed by atoms with E-state index in [4.69, 9.17) is 9.26 Å². The van der Waals surface area contributed by atoms with Gasteiger partial charge >= 0.3 is 0 Å². The van der Waals surface area contributed by atoms with Crippen LogP contribution in [-0.2, 0) is 23.3 Å². The van der Waals surface area contributed by atoms with Gasteiger partial charge in [-0.25, -0.2) is 4.39 Å². The number of nitrogens with one attached hydrogen (secondary N) is 1. The Balaban J connectivity index is 1.64. The van der Waals surface area contributed by atoms with Crippen molar-refractivity contribution in [3.05, 3.63) is 53.2 Å². The summed E-state index contributed by atoms with van der Waals surface area (Å²) in [5.74, 6) is 0.207. The van der Waals surface area contributed by atoms with E-state index >= 15 is 0 Å². The van der Waals surface area contributed by atoms with Crippen LogP contribution in [0.1, 0.15) is 30.9 Å². The molecule has 0 unspecified atom stereocenters. The highest BCUT2D eigenvalue weighted by Gasteiger charge is 2.39. The van der Waals surface area contributed by atoms with Gasteiger partial charge < -0.3 is 19.7 Å². The molecule has 1 saturated heterocycles. The average molecular weight is 320 g/mol. The Labute approximate surface area is 134 Å².